The molecule has 3 rings (SSSR count). The molecule has 0 aliphatic rings. The van der Waals surface area contributed by atoms with E-state index >= 15 is 0 Å². The molecule has 2 aromatic heterocycles. The first-order valence-corrected chi connectivity index (χ1v) is 7.33. The number of aromatic nitrogens is 4. The van der Waals surface area contributed by atoms with Crippen molar-refractivity contribution in [1.29, 1.82) is 0 Å². The van der Waals surface area contributed by atoms with Gasteiger partial charge in [-0.1, -0.05) is 18.2 Å². The fourth-order valence-electron chi connectivity index (χ4n) is 2.58. The molecule has 1 aromatic carbocycles. The summed E-state index contributed by atoms with van der Waals surface area (Å²) in [6.45, 7) is 2.31. The molecule has 23 heavy (non-hydrogen) atoms. The molecule has 0 radical (unpaired) electrons. The molecule has 0 saturated heterocycles. The summed E-state index contributed by atoms with van der Waals surface area (Å²) in [5.41, 5.74) is 0.930. The summed E-state index contributed by atoms with van der Waals surface area (Å²) < 4.78 is 15.5. The molecule has 1 unspecified atom stereocenters. The summed E-state index contributed by atoms with van der Waals surface area (Å²) in [6, 6.07) is 6.54. The van der Waals surface area contributed by atoms with Crippen LogP contribution in [0.1, 0.15) is 24.4 Å². The zero-order chi connectivity index (χ0) is 16.6. The minimum absolute atomic E-state index is 0.149. The van der Waals surface area contributed by atoms with Crippen LogP contribution in [0.4, 0.5) is 4.39 Å². The number of aryl methyl sites for hydroxylation is 1. The van der Waals surface area contributed by atoms with Crippen LogP contribution in [0.25, 0.3) is 11.0 Å². The smallest absolute Gasteiger partial charge is 0.262 e. The van der Waals surface area contributed by atoms with E-state index in [0.29, 0.717) is 29.0 Å². The first-order valence-electron chi connectivity index (χ1n) is 7.33. The third-order valence-electron chi connectivity index (χ3n) is 4.07. The highest BCUT2D eigenvalue weighted by atomic mass is 19.1. The second-order valence-corrected chi connectivity index (χ2v) is 5.63. The van der Waals surface area contributed by atoms with Crippen molar-refractivity contribution in [3.05, 3.63) is 58.0 Å². The maximum absolute atomic E-state index is 13.9. The number of nitrogens with zero attached hydrogens (tertiary/aromatic N) is 4. The third kappa shape index (κ3) is 2.87. The molecule has 1 N–H and O–H groups in total. The van der Waals surface area contributed by atoms with Crippen LogP contribution in [-0.4, -0.2) is 31.7 Å². The SMILES string of the molecule is CC(c1ccccc1F)N(C)Cc1nc2c(cnn2C)c(=O)[nH]1. The van der Waals surface area contributed by atoms with Crippen LogP contribution >= 0.6 is 0 Å². The van der Waals surface area contributed by atoms with Gasteiger partial charge in [-0.15, -0.1) is 0 Å². The molecule has 0 saturated carbocycles. The van der Waals surface area contributed by atoms with Crippen molar-refractivity contribution in [2.24, 2.45) is 7.05 Å². The van der Waals surface area contributed by atoms with Crippen LogP contribution < -0.4 is 5.56 Å². The number of rotatable bonds is 4. The lowest BCUT2D eigenvalue weighted by Crippen LogP contribution is -2.25. The Labute approximate surface area is 132 Å². The van der Waals surface area contributed by atoms with Gasteiger partial charge in [0.05, 0.1) is 12.7 Å². The second kappa shape index (κ2) is 5.92. The Morgan fingerprint density at radius 2 is 2.13 bits per heavy atom. The van der Waals surface area contributed by atoms with Crippen molar-refractivity contribution in [3.8, 4) is 0 Å². The molecule has 0 bridgehead atoms. The number of H-pyrrole nitrogens is 1. The van der Waals surface area contributed by atoms with Crippen molar-refractivity contribution >= 4 is 11.0 Å². The Hall–Kier alpha value is -2.54. The summed E-state index contributed by atoms with van der Waals surface area (Å²) in [5, 5.41) is 4.50. The van der Waals surface area contributed by atoms with Gasteiger partial charge in [-0.3, -0.25) is 14.4 Å². The summed E-state index contributed by atoms with van der Waals surface area (Å²) in [7, 11) is 3.61. The standard InChI is InChI=1S/C16H18FN5O/c1-10(11-6-4-5-7-13(11)17)21(2)9-14-19-15-12(16(23)20-14)8-18-22(15)3/h4-8,10H,9H2,1-3H3,(H,19,20,23). The number of aromatic amines is 1. The van der Waals surface area contributed by atoms with Crippen LogP contribution in [-0.2, 0) is 13.6 Å². The number of fused-ring (bicyclic) bond motifs is 1. The molecule has 2 heterocycles. The molecular formula is C16H18FN5O. The van der Waals surface area contributed by atoms with Gasteiger partial charge in [0.2, 0.25) is 0 Å². The molecule has 1 atom stereocenters. The molecule has 3 aromatic rings. The van der Waals surface area contributed by atoms with Gasteiger partial charge in [0, 0.05) is 18.7 Å². The summed E-state index contributed by atoms with van der Waals surface area (Å²) >= 11 is 0. The third-order valence-corrected chi connectivity index (χ3v) is 4.07. The van der Waals surface area contributed by atoms with Gasteiger partial charge in [-0.2, -0.15) is 5.10 Å². The van der Waals surface area contributed by atoms with Gasteiger partial charge in [0.15, 0.2) is 5.65 Å². The van der Waals surface area contributed by atoms with E-state index in [9.17, 15) is 9.18 Å². The lowest BCUT2D eigenvalue weighted by Gasteiger charge is -2.24. The Bertz CT molecular complexity index is 901. The Morgan fingerprint density at radius 3 is 2.87 bits per heavy atom. The molecular weight excluding hydrogens is 297 g/mol. The van der Waals surface area contributed by atoms with E-state index in [1.165, 1.54) is 12.3 Å². The van der Waals surface area contributed by atoms with Gasteiger partial charge in [0.1, 0.15) is 17.0 Å². The Kier molecular flexibility index (Phi) is 3.96. The van der Waals surface area contributed by atoms with Gasteiger partial charge in [-0.05, 0) is 20.0 Å². The lowest BCUT2D eigenvalue weighted by molar-refractivity contribution is 0.242. The van der Waals surface area contributed by atoms with E-state index in [1.54, 1.807) is 23.9 Å². The molecule has 6 nitrogen and oxygen atoms in total. The van der Waals surface area contributed by atoms with Crippen molar-refractivity contribution in [2.45, 2.75) is 19.5 Å². The minimum atomic E-state index is -0.240. The molecule has 0 aliphatic heterocycles. The number of hydrogen-bond acceptors (Lipinski definition) is 4. The number of benzene rings is 1. The van der Waals surface area contributed by atoms with Crippen molar-refractivity contribution < 1.29 is 4.39 Å². The van der Waals surface area contributed by atoms with Crippen molar-refractivity contribution in [1.82, 2.24) is 24.6 Å². The van der Waals surface area contributed by atoms with E-state index in [-0.39, 0.29) is 17.4 Å². The molecule has 7 heteroatoms. The van der Waals surface area contributed by atoms with Gasteiger partial charge in [-0.25, -0.2) is 9.37 Å². The van der Waals surface area contributed by atoms with E-state index < -0.39 is 0 Å². The normalized spacial score (nSPS) is 12.9. The number of hydrogen-bond donors (Lipinski definition) is 1. The maximum Gasteiger partial charge on any atom is 0.262 e. The maximum atomic E-state index is 13.9. The Balaban J connectivity index is 1.88. The van der Waals surface area contributed by atoms with E-state index in [0.717, 1.165) is 0 Å². The first kappa shape index (κ1) is 15.4. The summed E-state index contributed by atoms with van der Waals surface area (Å²) in [4.78, 5) is 21.2. The molecule has 0 spiro atoms. The van der Waals surface area contributed by atoms with E-state index in [2.05, 4.69) is 15.1 Å². The number of halogens is 1. The average molecular weight is 315 g/mol. The summed E-state index contributed by atoms with van der Waals surface area (Å²) in [6.07, 6.45) is 1.50. The van der Waals surface area contributed by atoms with Crippen LogP contribution in [0.2, 0.25) is 0 Å². The average Bonchev–Trinajstić information content (AvgIpc) is 2.89. The monoisotopic (exact) mass is 315 g/mol. The number of nitrogens with one attached hydrogen (secondary N) is 1. The molecule has 0 amide bonds. The van der Waals surface area contributed by atoms with Crippen LogP contribution in [0.3, 0.4) is 0 Å². The molecule has 0 fully saturated rings. The van der Waals surface area contributed by atoms with Crippen LogP contribution in [0.5, 0.6) is 0 Å². The van der Waals surface area contributed by atoms with Gasteiger partial charge >= 0.3 is 0 Å². The predicted octanol–water partition coefficient (Wildman–Crippen LogP) is 1.99. The highest BCUT2D eigenvalue weighted by molar-refractivity contribution is 5.72. The van der Waals surface area contributed by atoms with E-state index in [4.69, 9.17) is 0 Å². The van der Waals surface area contributed by atoms with Crippen molar-refractivity contribution in [2.75, 3.05) is 7.05 Å². The fraction of sp³-hybridized carbons (Fsp3) is 0.312. The van der Waals surface area contributed by atoms with Crippen molar-refractivity contribution in [3.63, 3.8) is 0 Å². The highest BCUT2D eigenvalue weighted by Crippen LogP contribution is 2.22. The predicted molar refractivity (Wildman–Crippen MR) is 85.4 cm³/mol. The zero-order valence-corrected chi connectivity index (χ0v) is 13.2. The fourth-order valence-corrected chi connectivity index (χ4v) is 2.58. The quantitative estimate of drug-likeness (QED) is 0.799. The molecule has 120 valence electrons. The largest absolute Gasteiger partial charge is 0.309 e. The first-order chi connectivity index (χ1) is 11.0. The zero-order valence-electron chi connectivity index (χ0n) is 13.2. The summed E-state index contributed by atoms with van der Waals surface area (Å²) in [5.74, 6) is 0.284. The van der Waals surface area contributed by atoms with Gasteiger partial charge in [0.25, 0.3) is 5.56 Å². The highest BCUT2D eigenvalue weighted by Gasteiger charge is 2.17. The molecule has 0 aliphatic carbocycles. The Morgan fingerprint density at radius 1 is 1.39 bits per heavy atom. The topological polar surface area (TPSA) is 66.8 Å². The van der Waals surface area contributed by atoms with E-state index in [1.807, 2.05) is 24.9 Å². The van der Waals surface area contributed by atoms with Crippen LogP contribution in [0, 0.1) is 5.82 Å². The van der Waals surface area contributed by atoms with Crippen LogP contribution in [0.15, 0.2) is 35.3 Å². The minimum Gasteiger partial charge on any atom is -0.309 e. The lowest BCUT2D eigenvalue weighted by atomic mass is 10.1. The van der Waals surface area contributed by atoms with Gasteiger partial charge < -0.3 is 4.98 Å². The second-order valence-electron chi connectivity index (χ2n) is 5.63.